The topological polar surface area (TPSA) is 90.5 Å². The first kappa shape index (κ1) is 24.1. The summed E-state index contributed by atoms with van der Waals surface area (Å²) >= 11 is 0. The highest BCUT2D eigenvalue weighted by Crippen LogP contribution is 2.22. The van der Waals surface area contributed by atoms with Crippen molar-refractivity contribution in [3.05, 3.63) is 35.4 Å². The number of urea groups is 1. The van der Waals surface area contributed by atoms with Crippen molar-refractivity contribution < 1.29 is 14.4 Å². The van der Waals surface area contributed by atoms with E-state index in [0.29, 0.717) is 24.7 Å². The Hall–Kier alpha value is -2.57. The molecule has 1 aliphatic carbocycles. The second-order valence-electron chi connectivity index (χ2n) is 10.1. The molecule has 1 aliphatic heterocycles. The van der Waals surface area contributed by atoms with Gasteiger partial charge in [-0.15, -0.1) is 0 Å². The Balaban J connectivity index is 1.37. The standard InChI is InChI=1S/C25H38N4O3/c1-25(2,3)19-11-9-18(10-12-19)23(31)26-17-22(30)29-15-13-21(14-16-29)28-24(32)27-20-7-5-4-6-8-20/h9-12,20-21H,4-8,13-17H2,1-3H3,(H,26,31)(H2,27,28,32). The maximum atomic E-state index is 12.5. The number of benzene rings is 1. The monoisotopic (exact) mass is 442 g/mol. The van der Waals surface area contributed by atoms with Crippen LogP contribution in [0.3, 0.4) is 0 Å². The van der Waals surface area contributed by atoms with Gasteiger partial charge in [-0.1, -0.05) is 52.2 Å². The number of hydrogen-bond acceptors (Lipinski definition) is 3. The van der Waals surface area contributed by atoms with Gasteiger partial charge in [-0.2, -0.15) is 0 Å². The summed E-state index contributed by atoms with van der Waals surface area (Å²) in [6.07, 6.45) is 7.21. The summed E-state index contributed by atoms with van der Waals surface area (Å²) in [7, 11) is 0. The number of amides is 4. The number of piperidine rings is 1. The lowest BCUT2D eigenvalue weighted by Gasteiger charge is -2.33. The van der Waals surface area contributed by atoms with E-state index in [2.05, 4.69) is 36.7 Å². The van der Waals surface area contributed by atoms with Gasteiger partial charge in [0, 0.05) is 30.7 Å². The third-order valence-corrected chi connectivity index (χ3v) is 6.54. The normalized spacial score (nSPS) is 18.2. The molecule has 4 amide bonds. The summed E-state index contributed by atoms with van der Waals surface area (Å²) in [5, 5.41) is 8.87. The fraction of sp³-hybridized carbons (Fsp3) is 0.640. The summed E-state index contributed by atoms with van der Waals surface area (Å²) in [5.41, 5.74) is 1.74. The Bertz CT molecular complexity index is 786. The lowest BCUT2D eigenvalue weighted by Crippen LogP contribution is -2.52. The van der Waals surface area contributed by atoms with Gasteiger partial charge >= 0.3 is 6.03 Å². The van der Waals surface area contributed by atoms with Crippen molar-refractivity contribution in [1.29, 1.82) is 0 Å². The van der Waals surface area contributed by atoms with Crippen LogP contribution >= 0.6 is 0 Å². The summed E-state index contributed by atoms with van der Waals surface area (Å²) in [6.45, 7) is 7.54. The molecular formula is C25H38N4O3. The molecule has 3 N–H and O–H groups in total. The highest BCUT2D eigenvalue weighted by atomic mass is 16.2. The molecule has 0 spiro atoms. The first-order valence-electron chi connectivity index (χ1n) is 12.0. The van der Waals surface area contributed by atoms with Crippen LogP contribution in [0.15, 0.2) is 24.3 Å². The molecule has 1 saturated heterocycles. The summed E-state index contributed by atoms with van der Waals surface area (Å²) in [4.78, 5) is 38.9. The van der Waals surface area contributed by atoms with Crippen molar-refractivity contribution in [3.8, 4) is 0 Å². The van der Waals surface area contributed by atoms with Crippen molar-refractivity contribution in [2.45, 2.75) is 83.2 Å². The third-order valence-electron chi connectivity index (χ3n) is 6.54. The van der Waals surface area contributed by atoms with E-state index < -0.39 is 0 Å². The zero-order chi connectivity index (χ0) is 23.1. The number of likely N-dealkylation sites (tertiary alicyclic amines) is 1. The Morgan fingerprint density at radius 2 is 1.44 bits per heavy atom. The van der Waals surface area contributed by atoms with Crippen LogP contribution in [0.25, 0.3) is 0 Å². The molecule has 0 aromatic heterocycles. The molecule has 0 unspecified atom stereocenters. The SMILES string of the molecule is CC(C)(C)c1ccc(C(=O)NCC(=O)N2CCC(NC(=O)NC3CCCCC3)CC2)cc1. The van der Waals surface area contributed by atoms with Crippen LogP contribution in [0.5, 0.6) is 0 Å². The fourth-order valence-electron chi connectivity index (χ4n) is 4.42. The third kappa shape index (κ3) is 6.97. The van der Waals surface area contributed by atoms with E-state index >= 15 is 0 Å². The first-order chi connectivity index (χ1) is 15.2. The van der Waals surface area contributed by atoms with Gasteiger partial charge in [0.25, 0.3) is 5.91 Å². The van der Waals surface area contributed by atoms with Crippen LogP contribution in [0, 0.1) is 0 Å². The van der Waals surface area contributed by atoms with Crippen molar-refractivity contribution in [1.82, 2.24) is 20.9 Å². The largest absolute Gasteiger partial charge is 0.343 e. The maximum absolute atomic E-state index is 12.5. The van der Waals surface area contributed by atoms with E-state index in [-0.39, 0.29) is 35.8 Å². The Labute approximate surface area is 191 Å². The lowest BCUT2D eigenvalue weighted by atomic mass is 9.87. The smallest absolute Gasteiger partial charge is 0.315 e. The van der Waals surface area contributed by atoms with Gasteiger partial charge in [-0.05, 0) is 48.8 Å². The molecule has 7 nitrogen and oxygen atoms in total. The molecule has 2 fully saturated rings. The number of nitrogens with zero attached hydrogens (tertiary/aromatic N) is 1. The van der Waals surface area contributed by atoms with Gasteiger partial charge in [0.2, 0.25) is 5.91 Å². The highest BCUT2D eigenvalue weighted by Gasteiger charge is 2.25. The van der Waals surface area contributed by atoms with E-state index in [4.69, 9.17) is 0 Å². The van der Waals surface area contributed by atoms with Gasteiger partial charge in [0.05, 0.1) is 6.54 Å². The quantitative estimate of drug-likeness (QED) is 0.653. The molecule has 0 radical (unpaired) electrons. The van der Waals surface area contributed by atoms with Crippen molar-refractivity contribution in [3.63, 3.8) is 0 Å². The Morgan fingerprint density at radius 3 is 2.00 bits per heavy atom. The predicted molar refractivity (Wildman–Crippen MR) is 126 cm³/mol. The predicted octanol–water partition coefficient (Wildman–Crippen LogP) is 3.34. The fourth-order valence-corrected chi connectivity index (χ4v) is 4.42. The molecule has 176 valence electrons. The average molecular weight is 443 g/mol. The van der Waals surface area contributed by atoms with E-state index in [0.717, 1.165) is 31.2 Å². The number of nitrogens with one attached hydrogen (secondary N) is 3. The van der Waals surface area contributed by atoms with Crippen LogP contribution in [0.1, 0.15) is 81.6 Å². The Morgan fingerprint density at radius 1 is 0.875 bits per heavy atom. The minimum absolute atomic E-state index is 0.0138. The number of rotatable bonds is 5. The molecule has 0 atom stereocenters. The first-order valence-corrected chi connectivity index (χ1v) is 12.0. The zero-order valence-electron chi connectivity index (χ0n) is 19.7. The molecule has 2 aliphatic rings. The molecule has 32 heavy (non-hydrogen) atoms. The van der Waals surface area contributed by atoms with E-state index in [1.54, 1.807) is 17.0 Å². The summed E-state index contributed by atoms with van der Waals surface area (Å²) in [5.74, 6) is -0.329. The van der Waals surface area contributed by atoms with Crippen LogP contribution in [-0.4, -0.2) is 54.5 Å². The second-order valence-corrected chi connectivity index (χ2v) is 10.1. The zero-order valence-corrected chi connectivity index (χ0v) is 19.7. The molecule has 0 bridgehead atoms. The van der Waals surface area contributed by atoms with Crippen LogP contribution < -0.4 is 16.0 Å². The molecular weight excluding hydrogens is 404 g/mol. The van der Waals surface area contributed by atoms with Crippen LogP contribution in [0.4, 0.5) is 4.79 Å². The molecule has 1 heterocycles. The number of carbonyl (C=O) groups excluding carboxylic acids is 3. The van der Waals surface area contributed by atoms with E-state index in [9.17, 15) is 14.4 Å². The average Bonchev–Trinajstić information content (AvgIpc) is 2.78. The van der Waals surface area contributed by atoms with Crippen molar-refractivity contribution in [2.24, 2.45) is 0 Å². The van der Waals surface area contributed by atoms with Gasteiger partial charge in [0.1, 0.15) is 0 Å². The van der Waals surface area contributed by atoms with E-state index in [1.165, 1.54) is 19.3 Å². The van der Waals surface area contributed by atoms with Gasteiger partial charge in [-0.3, -0.25) is 9.59 Å². The molecule has 1 aromatic carbocycles. The minimum Gasteiger partial charge on any atom is -0.343 e. The van der Waals surface area contributed by atoms with Crippen molar-refractivity contribution in [2.75, 3.05) is 19.6 Å². The summed E-state index contributed by atoms with van der Waals surface area (Å²) in [6, 6.07) is 7.80. The Kier molecular flexibility index (Phi) is 8.15. The van der Waals surface area contributed by atoms with Crippen LogP contribution in [-0.2, 0) is 10.2 Å². The van der Waals surface area contributed by atoms with Gasteiger partial charge in [0.15, 0.2) is 0 Å². The molecule has 3 rings (SSSR count). The van der Waals surface area contributed by atoms with Crippen molar-refractivity contribution >= 4 is 17.8 Å². The van der Waals surface area contributed by atoms with Gasteiger partial charge in [-0.25, -0.2) is 4.79 Å². The lowest BCUT2D eigenvalue weighted by molar-refractivity contribution is -0.131. The highest BCUT2D eigenvalue weighted by molar-refractivity contribution is 5.96. The summed E-state index contributed by atoms with van der Waals surface area (Å²) < 4.78 is 0. The molecule has 1 saturated carbocycles. The number of carbonyl (C=O) groups is 3. The second kappa shape index (κ2) is 10.8. The van der Waals surface area contributed by atoms with Crippen LogP contribution in [0.2, 0.25) is 0 Å². The maximum Gasteiger partial charge on any atom is 0.315 e. The van der Waals surface area contributed by atoms with Gasteiger partial charge < -0.3 is 20.9 Å². The molecule has 1 aromatic rings. The number of hydrogen-bond donors (Lipinski definition) is 3. The molecule has 7 heteroatoms. The minimum atomic E-state index is -0.241. The van der Waals surface area contributed by atoms with E-state index in [1.807, 2.05) is 12.1 Å².